The molecule has 100 valence electrons. The van der Waals surface area contributed by atoms with Gasteiger partial charge in [0.15, 0.2) is 0 Å². The molecule has 0 fully saturated rings. The molecular formula is C12H18N2O3S. The second kappa shape index (κ2) is 5.39. The van der Waals surface area contributed by atoms with Gasteiger partial charge in [0.25, 0.3) is 0 Å². The van der Waals surface area contributed by atoms with E-state index in [0.29, 0.717) is 11.6 Å². The Bertz CT molecular complexity index is 521. The number of hydrogen-bond donors (Lipinski definition) is 1. The highest BCUT2D eigenvalue weighted by atomic mass is 32.2. The van der Waals surface area contributed by atoms with Gasteiger partial charge in [-0.15, -0.1) is 0 Å². The largest absolute Gasteiger partial charge is 0.368 e. The molecule has 0 radical (unpaired) electrons. The first kappa shape index (κ1) is 14.5. The highest BCUT2D eigenvalue weighted by Gasteiger charge is 2.19. The van der Waals surface area contributed by atoms with Crippen LogP contribution in [0.3, 0.4) is 0 Å². The number of anilines is 1. The lowest BCUT2D eigenvalue weighted by molar-refractivity contribution is -0.116. The van der Waals surface area contributed by atoms with E-state index in [4.69, 9.17) is 5.73 Å². The summed E-state index contributed by atoms with van der Waals surface area (Å²) in [6.07, 6.45) is 1.05. The fraction of sp³-hybridized carbons (Fsp3) is 0.417. The summed E-state index contributed by atoms with van der Waals surface area (Å²) in [5, 5.41) is 0. The van der Waals surface area contributed by atoms with Crippen molar-refractivity contribution in [1.82, 2.24) is 0 Å². The number of rotatable bonds is 5. The van der Waals surface area contributed by atoms with Crippen LogP contribution < -0.4 is 10.0 Å². The van der Waals surface area contributed by atoms with Gasteiger partial charge in [-0.05, 0) is 23.6 Å². The van der Waals surface area contributed by atoms with Crippen molar-refractivity contribution in [3.8, 4) is 0 Å². The van der Waals surface area contributed by atoms with Crippen molar-refractivity contribution in [2.75, 3.05) is 17.1 Å². The zero-order valence-electron chi connectivity index (χ0n) is 10.8. The highest BCUT2D eigenvalue weighted by molar-refractivity contribution is 7.92. The maximum absolute atomic E-state index is 11.6. The van der Waals surface area contributed by atoms with E-state index in [2.05, 4.69) is 0 Å². The lowest BCUT2D eigenvalue weighted by Crippen LogP contribution is -2.37. The van der Waals surface area contributed by atoms with E-state index in [1.807, 2.05) is 26.0 Å². The van der Waals surface area contributed by atoms with Crippen LogP contribution in [-0.4, -0.2) is 27.1 Å². The van der Waals surface area contributed by atoms with E-state index < -0.39 is 15.9 Å². The molecule has 1 amide bonds. The van der Waals surface area contributed by atoms with Crippen LogP contribution in [0.25, 0.3) is 0 Å². The number of amides is 1. The Morgan fingerprint density at radius 2 is 1.78 bits per heavy atom. The van der Waals surface area contributed by atoms with Crippen LogP contribution in [0.4, 0.5) is 5.69 Å². The molecule has 0 aromatic heterocycles. The molecule has 2 N–H and O–H groups in total. The van der Waals surface area contributed by atoms with Crippen molar-refractivity contribution < 1.29 is 13.2 Å². The molecule has 0 spiro atoms. The van der Waals surface area contributed by atoms with Gasteiger partial charge in [-0.3, -0.25) is 9.10 Å². The van der Waals surface area contributed by atoms with Crippen molar-refractivity contribution >= 4 is 21.6 Å². The Morgan fingerprint density at radius 1 is 1.28 bits per heavy atom. The predicted molar refractivity (Wildman–Crippen MR) is 71.9 cm³/mol. The van der Waals surface area contributed by atoms with Crippen molar-refractivity contribution in [2.24, 2.45) is 5.73 Å². The number of nitrogens with two attached hydrogens (primary N) is 1. The fourth-order valence-electron chi connectivity index (χ4n) is 1.57. The molecular weight excluding hydrogens is 252 g/mol. The minimum Gasteiger partial charge on any atom is -0.368 e. The predicted octanol–water partition coefficient (Wildman–Crippen LogP) is 1.06. The summed E-state index contributed by atoms with van der Waals surface area (Å²) in [5.74, 6) is -0.324. The second-order valence-corrected chi connectivity index (χ2v) is 6.39. The third-order valence-corrected chi connectivity index (χ3v) is 3.69. The van der Waals surface area contributed by atoms with Gasteiger partial charge in [0.2, 0.25) is 15.9 Å². The summed E-state index contributed by atoms with van der Waals surface area (Å²) in [6, 6.07) is 7.05. The topological polar surface area (TPSA) is 80.5 Å². The normalized spacial score (nSPS) is 11.6. The van der Waals surface area contributed by atoms with Crippen LogP contribution in [0.2, 0.25) is 0 Å². The fourth-order valence-corrected chi connectivity index (χ4v) is 2.43. The van der Waals surface area contributed by atoms with Gasteiger partial charge in [0.05, 0.1) is 11.9 Å². The van der Waals surface area contributed by atoms with E-state index in [-0.39, 0.29) is 6.54 Å². The number of carbonyl (C=O) groups excluding carboxylic acids is 1. The molecule has 1 aromatic rings. The van der Waals surface area contributed by atoms with Crippen LogP contribution >= 0.6 is 0 Å². The molecule has 0 unspecified atom stereocenters. The summed E-state index contributed by atoms with van der Waals surface area (Å²) in [7, 11) is -3.51. The quantitative estimate of drug-likeness (QED) is 0.868. The first-order valence-electron chi connectivity index (χ1n) is 5.58. The maximum atomic E-state index is 11.6. The monoisotopic (exact) mass is 270 g/mol. The Morgan fingerprint density at radius 3 is 2.11 bits per heavy atom. The molecule has 5 nitrogen and oxygen atoms in total. The van der Waals surface area contributed by atoms with Crippen molar-refractivity contribution in [3.05, 3.63) is 29.8 Å². The Kier molecular flexibility index (Phi) is 4.34. The Hall–Kier alpha value is -1.56. The Labute approximate surface area is 108 Å². The van der Waals surface area contributed by atoms with Gasteiger partial charge in [-0.1, -0.05) is 26.0 Å². The minimum absolute atomic E-state index is 0.347. The first-order valence-corrected chi connectivity index (χ1v) is 7.42. The second-order valence-electron chi connectivity index (χ2n) is 4.48. The summed E-state index contributed by atoms with van der Waals surface area (Å²) in [5.41, 5.74) is 6.61. The first-order chi connectivity index (χ1) is 8.21. The van der Waals surface area contributed by atoms with Crippen molar-refractivity contribution in [2.45, 2.75) is 19.8 Å². The third kappa shape index (κ3) is 3.73. The average molecular weight is 270 g/mol. The molecule has 1 aromatic carbocycles. The lowest BCUT2D eigenvalue weighted by Gasteiger charge is -2.21. The highest BCUT2D eigenvalue weighted by Crippen LogP contribution is 2.21. The smallest absolute Gasteiger partial charge is 0.238 e. The van der Waals surface area contributed by atoms with E-state index in [9.17, 15) is 13.2 Å². The molecule has 0 saturated carbocycles. The van der Waals surface area contributed by atoms with Gasteiger partial charge in [-0.2, -0.15) is 0 Å². The molecule has 6 heteroatoms. The Balaban J connectivity index is 3.10. The SMILES string of the molecule is CC(C)c1ccc(N(CC(N)=O)S(C)(=O)=O)cc1. The van der Waals surface area contributed by atoms with Gasteiger partial charge < -0.3 is 5.73 Å². The molecule has 0 heterocycles. The zero-order chi connectivity index (χ0) is 13.9. The van der Waals surface area contributed by atoms with Crippen molar-refractivity contribution in [3.63, 3.8) is 0 Å². The van der Waals surface area contributed by atoms with E-state index in [1.165, 1.54) is 0 Å². The number of primary amides is 1. The molecule has 0 aliphatic rings. The summed E-state index contributed by atoms with van der Waals surface area (Å²) in [4.78, 5) is 10.9. The van der Waals surface area contributed by atoms with Gasteiger partial charge in [0, 0.05) is 0 Å². The van der Waals surface area contributed by atoms with Gasteiger partial charge in [0.1, 0.15) is 6.54 Å². The van der Waals surface area contributed by atoms with Crippen LogP contribution in [-0.2, 0) is 14.8 Å². The zero-order valence-corrected chi connectivity index (χ0v) is 11.6. The van der Waals surface area contributed by atoms with Crippen LogP contribution in [0, 0.1) is 0 Å². The standard InChI is InChI=1S/C12H18N2O3S/c1-9(2)10-4-6-11(7-5-10)14(8-12(13)15)18(3,16)17/h4-7,9H,8H2,1-3H3,(H2,13,15). The van der Waals surface area contributed by atoms with Gasteiger partial charge in [-0.25, -0.2) is 8.42 Å². The number of hydrogen-bond acceptors (Lipinski definition) is 3. The molecule has 0 atom stereocenters. The lowest BCUT2D eigenvalue weighted by atomic mass is 10.0. The number of carbonyl (C=O) groups is 1. The molecule has 18 heavy (non-hydrogen) atoms. The minimum atomic E-state index is -3.51. The average Bonchev–Trinajstić information content (AvgIpc) is 2.24. The van der Waals surface area contributed by atoms with Crippen LogP contribution in [0.1, 0.15) is 25.3 Å². The molecule has 0 aliphatic heterocycles. The number of benzene rings is 1. The summed E-state index contributed by atoms with van der Waals surface area (Å²) in [6.45, 7) is 3.75. The summed E-state index contributed by atoms with van der Waals surface area (Å²) < 4.78 is 24.2. The molecule has 0 aliphatic carbocycles. The van der Waals surface area contributed by atoms with Crippen molar-refractivity contribution in [1.29, 1.82) is 0 Å². The molecule has 0 saturated heterocycles. The van der Waals surface area contributed by atoms with E-state index >= 15 is 0 Å². The molecule has 0 bridgehead atoms. The number of nitrogens with zero attached hydrogens (tertiary/aromatic N) is 1. The summed E-state index contributed by atoms with van der Waals surface area (Å²) >= 11 is 0. The van der Waals surface area contributed by atoms with Crippen LogP contribution in [0.5, 0.6) is 0 Å². The van der Waals surface area contributed by atoms with E-state index in [1.54, 1.807) is 12.1 Å². The van der Waals surface area contributed by atoms with E-state index in [0.717, 1.165) is 16.1 Å². The molecule has 1 rings (SSSR count). The van der Waals surface area contributed by atoms with Gasteiger partial charge >= 0.3 is 0 Å². The third-order valence-electron chi connectivity index (χ3n) is 2.55. The van der Waals surface area contributed by atoms with Crippen LogP contribution in [0.15, 0.2) is 24.3 Å². The number of sulfonamides is 1. The maximum Gasteiger partial charge on any atom is 0.238 e.